The molecule has 0 aliphatic carbocycles. The molecule has 1 atom stereocenters. The third-order valence-corrected chi connectivity index (χ3v) is 4.61. The molecule has 1 fully saturated rings. The SMILES string of the molecule is CC(C)CCCCN=C1NC(Cc2ccccc2)CS1. The summed E-state index contributed by atoms with van der Waals surface area (Å²) in [5, 5.41) is 4.70. The molecule has 1 aliphatic rings. The number of thioether (sulfide) groups is 1. The first kappa shape index (κ1) is 15.4. The van der Waals surface area contributed by atoms with E-state index in [1.54, 1.807) is 0 Å². The van der Waals surface area contributed by atoms with Gasteiger partial charge in [0.15, 0.2) is 5.17 Å². The maximum Gasteiger partial charge on any atom is 0.156 e. The molecule has 1 saturated heterocycles. The second-order valence-corrected chi connectivity index (χ2v) is 6.93. The fourth-order valence-corrected chi connectivity index (χ4v) is 3.38. The van der Waals surface area contributed by atoms with E-state index in [-0.39, 0.29) is 0 Å². The highest BCUT2D eigenvalue weighted by molar-refractivity contribution is 8.14. The molecule has 2 rings (SSSR count). The third-order valence-electron chi connectivity index (χ3n) is 3.52. The van der Waals surface area contributed by atoms with Gasteiger partial charge < -0.3 is 5.32 Å². The minimum atomic E-state index is 0.539. The van der Waals surface area contributed by atoms with Gasteiger partial charge in [-0.1, -0.05) is 68.8 Å². The summed E-state index contributed by atoms with van der Waals surface area (Å²) in [7, 11) is 0. The number of nitrogens with zero attached hydrogens (tertiary/aromatic N) is 1. The monoisotopic (exact) mass is 290 g/mol. The first-order chi connectivity index (χ1) is 9.74. The molecule has 0 spiro atoms. The fraction of sp³-hybridized carbons (Fsp3) is 0.588. The van der Waals surface area contributed by atoms with Crippen molar-refractivity contribution in [3.63, 3.8) is 0 Å². The van der Waals surface area contributed by atoms with Crippen molar-refractivity contribution >= 4 is 16.9 Å². The summed E-state index contributed by atoms with van der Waals surface area (Å²) in [6, 6.07) is 11.2. The van der Waals surface area contributed by atoms with Crippen LogP contribution in [0.3, 0.4) is 0 Å². The molecule has 0 bridgehead atoms. The normalized spacial score (nSPS) is 20.6. The highest BCUT2D eigenvalue weighted by atomic mass is 32.2. The van der Waals surface area contributed by atoms with Crippen molar-refractivity contribution in [1.82, 2.24) is 5.32 Å². The first-order valence-electron chi connectivity index (χ1n) is 7.71. The highest BCUT2D eigenvalue weighted by Crippen LogP contribution is 2.17. The Hall–Kier alpha value is -0.960. The van der Waals surface area contributed by atoms with E-state index in [2.05, 4.69) is 54.5 Å². The largest absolute Gasteiger partial charge is 0.361 e. The minimum absolute atomic E-state index is 0.539. The number of hydrogen-bond acceptors (Lipinski definition) is 2. The average Bonchev–Trinajstić information content (AvgIpc) is 2.87. The quantitative estimate of drug-likeness (QED) is 0.764. The first-order valence-corrected chi connectivity index (χ1v) is 8.70. The van der Waals surface area contributed by atoms with Gasteiger partial charge in [0.25, 0.3) is 0 Å². The summed E-state index contributed by atoms with van der Waals surface area (Å²) in [6.07, 6.45) is 4.93. The molecule has 0 aromatic heterocycles. The summed E-state index contributed by atoms with van der Waals surface area (Å²) in [5.41, 5.74) is 1.41. The number of benzene rings is 1. The van der Waals surface area contributed by atoms with Gasteiger partial charge >= 0.3 is 0 Å². The van der Waals surface area contributed by atoms with Crippen LogP contribution in [0.1, 0.15) is 38.7 Å². The van der Waals surface area contributed by atoms with Crippen LogP contribution in [0.5, 0.6) is 0 Å². The Morgan fingerprint density at radius 1 is 1.25 bits per heavy atom. The van der Waals surface area contributed by atoms with Crippen LogP contribution in [0.15, 0.2) is 35.3 Å². The van der Waals surface area contributed by atoms with Gasteiger partial charge in [-0.2, -0.15) is 0 Å². The number of hydrogen-bond donors (Lipinski definition) is 1. The molecule has 0 radical (unpaired) electrons. The summed E-state index contributed by atoms with van der Waals surface area (Å²) < 4.78 is 0. The van der Waals surface area contributed by atoms with Crippen LogP contribution in [0.4, 0.5) is 0 Å². The third kappa shape index (κ3) is 5.58. The van der Waals surface area contributed by atoms with E-state index < -0.39 is 0 Å². The van der Waals surface area contributed by atoms with Crippen molar-refractivity contribution in [1.29, 1.82) is 0 Å². The van der Waals surface area contributed by atoms with Crippen LogP contribution in [-0.2, 0) is 6.42 Å². The van der Waals surface area contributed by atoms with Gasteiger partial charge in [0.05, 0.1) is 0 Å². The Morgan fingerprint density at radius 3 is 2.80 bits per heavy atom. The van der Waals surface area contributed by atoms with Gasteiger partial charge in [0.1, 0.15) is 0 Å². The van der Waals surface area contributed by atoms with Crippen LogP contribution in [0.2, 0.25) is 0 Å². The van der Waals surface area contributed by atoms with E-state index in [0.717, 1.165) is 29.8 Å². The van der Waals surface area contributed by atoms with E-state index in [1.807, 2.05) is 11.8 Å². The summed E-state index contributed by atoms with van der Waals surface area (Å²) in [6.45, 7) is 5.54. The summed E-state index contributed by atoms with van der Waals surface area (Å²) in [5.74, 6) is 1.96. The lowest BCUT2D eigenvalue weighted by atomic mass is 10.1. The van der Waals surface area contributed by atoms with E-state index in [0.29, 0.717) is 6.04 Å². The highest BCUT2D eigenvalue weighted by Gasteiger charge is 2.19. The van der Waals surface area contributed by atoms with Gasteiger partial charge in [-0.15, -0.1) is 0 Å². The molecular weight excluding hydrogens is 264 g/mol. The van der Waals surface area contributed by atoms with E-state index in [9.17, 15) is 0 Å². The Labute approximate surface area is 127 Å². The minimum Gasteiger partial charge on any atom is -0.361 e. The predicted molar refractivity (Wildman–Crippen MR) is 90.5 cm³/mol. The van der Waals surface area contributed by atoms with Gasteiger partial charge in [-0.3, -0.25) is 4.99 Å². The lowest BCUT2D eigenvalue weighted by Gasteiger charge is -2.09. The molecule has 1 aromatic carbocycles. The van der Waals surface area contributed by atoms with Crippen molar-refractivity contribution in [3.8, 4) is 0 Å². The van der Waals surface area contributed by atoms with Crippen LogP contribution in [0, 0.1) is 5.92 Å². The predicted octanol–water partition coefficient (Wildman–Crippen LogP) is 4.12. The number of amidine groups is 1. The molecule has 0 saturated carbocycles. The van der Waals surface area contributed by atoms with Gasteiger partial charge in [0, 0.05) is 18.3 Å². The topological polar surface area (TPSA) is 24.4 Å². The maximum atomic E-state index is 4.68. The molecular formula is C17H26N2S. The van der Waals surface area contributed by atoms with Gasteiger partial charge in [-0.25, -0.2) is 0 Å². The Kier molecular flexibility index (Phi) is 6.44. The van der Waals surface area contributed by atoms with Crippen molar-refractivity contribution in [2.45, 2.75) is 45.6 Å². The molecule has 1 N–H and O–H groups in total. The second-order valence-electron chi connectivity index (χ2n) is 5.92. The lowest BCUT2D eigenvalue weighted by Crippen LogP contribution is -2.29. The molecule has 1 aliphatic heterocycles. The summed E-state index contributed by atoms with van der Waals surface area (Å²) in [4.78, 5) is 4.68. The van der Waals surface area contributed by atoms with Crippen molar-refractivity contribution < 1.29 is 0 Å². The zero-order valence-corrected chi connectivity index (χ0v) is 13.5. The average molecular weight is 290 g/mol. The molecule has 1 heterocycles. The Morgan fingerprint density at radius 2 is 2.05 bits per heavy atom. The molecule has 1 aromatic rings. The number of nitrogens with one attached hydrogen (secondary N) is 1. The zero-order chi connectivity index (χ0) is 14.2. The maximum absolute atomic E-state index is 4.68. The zero-order valence-electron chi connectivity index (χ0n) is 12.6. The van der Waals surface area contributed by atoms with Crippen LogP contribution >= 0.6 is 11.8 Å². The molecule has 110 valence electrons. The molecule has 20 heavy (non-hydrogen) atoms. The van der Waals surface area contributed by atoms with Crippen molar-refractivity contribution in [3.05, 3.63) is 35.9 Å². The van der Waals surface area contributed by atoms with Crippen LogP contribution in [0.25, 0.3) is 0 Å². The van der Waals surface area contributed by atoms with E-state index in [4.69, 9.17) is 0 Å². The standard InChI is InChI=1S/C17H26N2S/c1-14(2)8-6-7-11-18-17-19-16(13-20-17)12-15-9-4-3-5-10-15/h3-5,9-10,14,16H,6-8,11-13H2,1-2H3,(H,18,19). The number of unbranched alkanes of at least 4 members (excludes halogenated alkanes) is 1. The van der Waals surface area contributed by atoms with Crippen LogP contribution < -0.4 is 5.32 Å². The molecule has 0 amide bonds. The number of aliphatic imine (C=N–C) groups is 1. The Balaban J connectivity index is 1.67. The number of rotatable bonds is 7. The second kappa shape index (κ2) is 8.35. The van der Waals surface area contributed by atoms with Crippen molar-refractivity contribution in [2.75, 3.05) is 12.3 Å². The fourth-order valence-electron chi connectivity index (χ4n) is 2.38. The van der Waals surface area contributed by atoms with Gasteiger partial charge in [-0.05, 0) is 24.3 Å². The Bertz CT molecular complexity index is 414. The lowest BCUT2D eigenvalue weighted by molar-refractivity contribution is 0.541. The molecule has 2 nitrogen and oxygen atoms in total. The molecule has 3 heteroatoms. The van der Waals surface area contributed by atoms with E-state index >= 15 is 0 Å². The smallest absolute Gasteiger partial charge is 0.156 e. The molecule has 1 unspecified atom stereocenters. The van der Waals surface area contributed by atoms with Crippen molar-refractivity contribution in [2.24, 2.45) is 10.9 Å². The van der Waals surface area contributed by atoms with Crippen LogP contribution in [-0.4, -0.2) is 23.5 Å². The van der Waals surface area contributed by atoms with E-state index in [1.165, 1.54) is 24.8 Å². The van der Waals surface area contributed by atoms with Gasteiger partial charge in [0.2, 0.25) is 0 Å². The summed E-state index contributed by atoms with van der Waals surface area (Å²) >= 11 is 1.87.